The van der Waals surface area contributed by atoms with Crippen molar-refractivity contribution < 1.29 is 37.0 Å². The van der Waals surface area contributed by atoms with E-state index in [2.05, 4.69) is 30.5 Å². The number of carbonyl (C=O) groups excluding carboxylic acids is 3. The molecule has 0 radical (unpaired) electrons. The van der Waals surface area contributed by atoms with Crippen molar-refractivity contribution in [1.82, 2.24) is 24.9 Å². The van der Waals surface area contributed by atoms with Crippen molar-refractivity contribution >= 4 is 50.2 Å². The molecule has 1 aromatic carbocycles. The average Bonchev–Trinajstić information content (AvgIpc) is 3.87. The summed E-state index contributed by atoms with van der Waals surface area (Å²) >= 11 is 1.48. The van der Waals surface area contributed by atoms with E-state index >= 15 is 0 Å². The van der Waals surface area contributed by atoms with Crippen LogP contribution in [0.1, 0.15) is 91.3 Å². The number of aryl methyl sites for hydroxylation is 1. The zero-order chi connectivity index (χ0) is 38.9. The van der Waals surface area contributed by atoms with E-state index in [1.54, 1.807) is 34.8 Å². The van der Waals surface area contributed by atoms with E-state index in [0.717, 1.165) is 11.3 Å². The van der Waals surface area contributed by atoms with Gasteiger partial charge in [0.1, 0.15) is 45.0 Å². The first-order valence-corrected chi connectivity index (χ1v) is 20.2. The molecule has 53 heavy (non-hydrogen) atoms. The highest BCUT2D eigenvalue weighted by atomic mass is 32.2. The third-order valence-corrected chi connectivity index (χ3v) is 13.4. The number of amides is 3. The fourth-order valence-corrected chi connectivity index (χ4v) is 8.97. The Labute approximate surface area is 314 Å². The van der Waals surface area contributed by atoms with Gasteiger partial charge in [-0.1, -0.05) is 19.9 Å². The van der Waals surface area contributed by atoms with E-state index in [9.17, 15) is 22.8 Å². The number of ether oxygens (including phenoxy) is 3. The zero-order valence-electron chi connectivity index (χ0n) is 31.8. The summed E-state index contributed by atoms with van der Waals surface area (Å²) < 4.78 is 45.4. The van der Waals surface area contributed by atoms with Crippen LogP contribution >= 0.6 is 11.3 Å². The van der Waals surface area contributed by atoms with Crippen molar-refractivity contribution in [2.24, 2.45) is 5.92 Å². The number of hydrogen-bond acceptors (Lipinski definition) is 11. The molecule has 1 saturated heterocycles. The summed E-state index contributed by atoms with van der Waals surface area (Å²) in [5.41, 5.74) is -0.508. The Morgan fingerprint density at radius 1 is 1.11 bits per heavy atom. The molecule has 286 valence electrons. The van der Waals surface area contributed by atoms with Crippen LogP contribution in [0.15, 0.2) is 36.2 Å². The van der Waals surface area contributed by atoms with Crippen LogP contribution in [0.5, 0.6) is 11.5 Å². The number of thiazole rings is 1. The molecule has 2 saturated carbocycles. The van der Waals surface area contributed by atoms with E-state index in [1.165, 1.54) is 22.3 Å². The lowest BCUT2D eigenvalue weighted by atomic mass is 10.0. The fourth-order valence-electron chi connectivity index (χ4n) is 6.72. The van der Waals surface area contributed by atoms with Gasteiger partial charge in [-0.15, -0.1) is 17.9 Å². The molecule has 1 unspecified atom stereocenters. The van der Waals surface area contributed by atoms with Gasteiger partial charge >= 0.3 is 6.09 Å². The second-order valence-corrected chi connectivity index (χ2v) is 19.4. The smallest absolute Gasteiger partial charge is 0.411 e. The van der Waals surface area contributed by atoms with Crippen LogP contribution < -0.4 is 19.5 Å². The van der Waals surface area contributed by atoms with E-state index in [1.807, 2.05) is 37.4 Å². The van der Waals surface area contributed by atoms with Gasteiger partial charge in [-0.25, -0.2) is 23.2 Å². The molecule has 3 heterocycles. The van der Waals surface area contributed by atoms with E-state index in [0.29, 0.717) is 45.9 Å². The highest BCUT2D eigenvalue weighted by Crippen LogP contribution is 2.48. The van der Waals surface area contributed by atoms with Gasteiger partial charge in [-0.05, 0) is 78.9 Å². The third-order valence-electron chi connectivity index (χ3n) is 10.4. The normalized spacial score (nSPS) is 24.8. The highest BCUT2D eigenvalue weighted by Gasteiger charge is 2.63. The Kier molecular flexibility index (Phi) is 9.62. The minimum atomic E-state index is -3.97. The molecule has 15 heteroatoms. The Hall–Kier alpha value is -4.24. The molecule has 6 rings (SSSR count). The molecule has 2 aromatic heterocycles. The Morgan fingerprint density at radius 3 is 2.38 bits per heavy atom. The van der Waals surface area contributed by atoms with Gasteiger partial charge in [0.15, 0.2) is 0 Å². The maximum atomic E-state index is 14.3. The zero-order valence-corrected chi connectivity index (χ0v) is 33.4. The van der Waals surface area contributed by atoms with Gasteiger partial charge in [0.2, 0.25) is 15.9 Å². The number of methoxy groups -OCH3 is 1. The van der Waals surface area contributed by atoms with Crippen LogP contribution in [-0.4, -0.2) is 82.4 Å². The molecule has 4 atom stereocenters. The molecule has 3 fully saturated rings. The lowest BCUT2D eigenvalue weighted by molar-refractivity contribution is -0.131. The summed E-state index contributed by atoms with van der Waals surface area (Å²) in [6.07, 6.45) is 1.87. The standard InChI is InChI=1S/C38H49N5O8S2/c1-11-23-17-38(23,33(45)42-53(47,48)37(9)14-15-37)41-31(44)27-18-36(8,20-43(27)34(46)51-35(5,6)7)50-29-16-25(32-40-26(19-52-32)21(2)3)39-30-22(4)28(49-10)13-12-24(29)30/h11-13,16,19,21,23,27H,1,14-15,17-18,20H2,2-10H3,(H,41,44)(H,42,45)/t23-,27+,36?,38-/m1/s1. The number of nitrogens with one attached hydrogen (secondary N) is 2. The Bertz CT molecular complexity index is 2100. The minimum Gasteiger partial charge on any atom is -0.496 e. The number of pyridine rings is 1. The quantitative estimate of drug-likeness (QED) is 0.221. The lowest BCUT2D eigenvalue weighted by Crippen LogP contribution is -2.57. The fraction of sp³-hybridized carbons (Fsp3) is 0.553. The minimum absolute atomic E-state index is 0.0279. The molecule has 3 aromatic rings. The van der Waals surface area contributed by atoms with E-state index in [4.69, 9.17) is 24.2 Å². The summed E-state index contributed by atoms with van der Waals surface area (Å²) in [4.78, 5) is 52.7. The second-order valence-electron chi connectivity index (χ2n) is 16.3. The van der Waals surface area contributed by atoms with Gasteiger partial charge in [0.25, 0.3) is 5.91 Å². The number of carbonyl (C=O) groups is 3. The maximum absolute atomic E-state index is 14.3. The number of rotatable bonds is 11. The number of sulfonamides is 1. The number of benzene rings is 1. The monoisotopic (exact) mass is 767 g/mol. The first-order valence-electron chi connectivity index (χ1n) is 17.8. The summed E-state index contributed by atoms with van der Waals surface area (Å²) in [5, 5.41) is 6.26. The molecule has 1 aliphatic heterocycles. The molecular weight excluding hydrogens is 719 g/mol. The Balaban J connectivity index is 1.35. The maximum Gasteiger partial charge on any atom is 0.411 e. The summed E-state index contributed by atoms with van der Waals surface area (Å²) in [7, 11) is -2.37. The second kappa shape index (κ2) is 13.3. The van der Waals surface area contributed by atoms with Gasteiger partial charge < -0.3 is 19.5 Å². The van der Waals surface area contributed by atoms with Crippen LogP contribution in [0.4, 0.5) is 4.79 Å². The molecule has 3 aliphatic rings. The largest absolute Gasteiger partial charge is 0.496 e. The number of fused-ring (bicyclic) bond motifs is 1. The van der Waals surface area contributed by atoms with Crippen LogP contribution in [0, 0.1) is 12.8 Å². The predicted octanol–water partition coefficient (Wildman–Crippen LogP) is 6.01. The van der Waals surface area contributed by atoms with Gasteiger partial charge in [0.05, 0.1) is 29.6 Å². The van der Waals surface area contributed by atoms with Gasteiger partial charge in [-0.3, -0.25) is 19.2 Å². The highest BCUT2D eigenvalue weighted by molar-refractivity contribution is 7.91. The van der Waals surface area contributed by atoms with Crippen LogP contribution in [-0.2, 0) is 24.3 Å². The lowest BCUT2D eigenvalue weighted by Gasteiger charge is -2.29. The van der Waals surface area contributed by atoms with Crippen molar-refractivity contribution in [1.29, 1.82) is 0 Å². The van der Waals surface area contributed by atoms with E-state index in [-0.39, 0.29) is 25.3 Å². The number of nitrogens with zero attached hydrogens (tertiary/aromatic N) is 3. The number of hydrogen-bond donors (Lipinski definition) is 2. The average molecular weight is 768 g/mol. The molecule has 2 N–H and O–H groups in total. The van der Waals surface area contributed by atoms with Crippen molar-refractivity contribution in [3.8, 4) is 22.2 Å². The number of likely N-dealkylation sites (tertiary alicyclic amines) is 1. The summed E-state index contributed by atoms with van der Waals surface area (Å²) in [6, 6.07) is 4.41. The Morgan fingerprint density at radius 2 is 1.81 bits per heavy atom. The molecule has 0 bridgehead atoms. The first-order chi connectivity index (χ1) is 24.6. The molecule has 13 nitrogen and oxygen atoms in total. The van der Waals surface area contributed by atoms with Crippen molar-refractivity contribution in [2.75, 3.05) is 13.7 Å². The molecule has 2 aliphatic carbocycles. The van der Waals surface area contributed by atoms with Gasteiger partial charge in [0, 0.05) is 34.7 Å². The SMILES string of the molecule is C=C[C@@H]1C[C@]1(NC(=O)[C@@H]1CC(C)(Oc2cc(-c3nc(C(C)C)cs3)nc3c(C)c(OC)ccc23)CN1C(=O)OC(C)(C)C)C(=O)NS(=O)(=O)C1(C)CC1. The number of aromatic nitrogens is 2. The van der Waals surface area contributed by atoms with Crippen LogP contribution in [0.3, 0.4) is 0 Å². The first kappa shape index (κ1) is 38.5. The van der Waals surface area contributed by atoms with Crippen LogP contribution in [0.2, 0.25) is 0 Å². The molecule has 0 spiro atoms. The van der Waals surface area contributed by atoms with E-state index < -0.39 is 61.4 Å². The molecule has 3 amide bonds. The van der Waals surface area contributed by atoms with Crippen molar-refractivity contribution in [3.05, 3.63) is 47.5 Å². The summed E-state index contributed by atoms with van der Waals surface area (Å²) in [6.45, 7) is 18.4. The van der Waals surface area contributed by atoms with Gasteiger partial charge in [-0.2, -0.15) is 0 Å². The van der Waals surface area contributed by atoms with Crippen LogP contribution in [0.25, 0.3) is 21.6 Å². The van der Waals surface area contributed by atoms with Crippen molar-refractivity contribution in [3.63, 3.8) is 0 Å². The van der Waals surface area contributed by atoms with Crippen molar-refractivity contribution in [2.45, 2.75) is 115 Å². The third kappa shape index (κ3) is 7.34. The summed E-state index contributed by atoms with van der Waals surface area (Å²) in [5.74, 6) is -0.600. The topological polar surface area (TPSA) is 166 Å². The molecular formula is C38H49N5O8S2. The predicted molar refractivity (Wildman–Crippen MR) is 202 cm³/mol.